The summed E-state index contributed by atoms with van der Waals surface area (Å²) in [5.41, 5.74) is 2.09. The maximum Gasteiger partial charge on any atom is 0.174 e. The lowest BCUT2D eigenvalue weighted by Gasteiger charge is -2.18. The predicted octanol–water partition coefficient (Wildman–Crippen LogP) is 3.77. The van der Waals surface area contributed by atoms with E-state index in [2.05, 4.69) is 12.2 Å². The summed E-state index contributed by atoms with van der Waals surface area (Å²) >= 11 is 0. The van der Waals surface area contributed by atoms with Crippen LogP contribution in [0.2, 0.25) is 0 Å². The number of para-hydroxylation sites is 1. The summed E-state index contributed by atoms with van der Waals surface area (Å²) in [5.74, 6) is 1.55. The van der Waals surface area contributed by atoms with Crippen LogP contribution in [0.3, 0.4) is 0 Å². The van der Waals surface area contributed by atoms with E-state index in [4.69, 9.17) is 14.7 Å². The molecule has 0 spiro atoms. The van der Waals surface area contributed by atoms with Crippen molar-refractivity contribution in [3.05, 3.63) is 54.1 Å². The molecule has 0 radical (unpaired) electrons. The molecule has 0 amide bonds. The van der Waals surface area contributed by atoms with Gasteiger partial charge in [-0.3, -0.25) is 0 Å². The predicted molar refractivity (Wildman–Crippen MR) is 82.6 cm³/mol. The lowest BCUT2D eigenvalue weighted by molar-refractivity contribution is 0.368. The van der Waals surface area contributed by atoms with E-state index in [0.717, 1.165) is 17.0 Å². The monoisotopic (exact) mass is 282 g/mol. The van der Waals surface area contributed by atoms with Gasteiger partial charge in [-0.05, 0) is 37.3 Å². The number of methoxy groups -OCH3 is 1. The van der Waals surface area contributed by atoms with Gasteiger partial charge in [0.25, 0.3) is 0 Å². The lowest BCUT2D eigenvalue weighted by Crippen LogP contribution is -2.08. The van der Waals surface area contributed by atoms with Crippen LogP contribution < -0.4 is 14.8 Å². The summed E-state index contributed by atoms with van der Waals surface area (Å²) in [6, 6.07) is 17.5. The van der Waals surface area contributed by atoms with Gasteiger partial charge in [-0.1, -0.05) is 18.2 Å². The molecule has 0 saturated heterocycles. The van der Waals surface area contributed by atoms with E-state index < -0.39 is 0 Å². The first-order chi connectivity index (χ1) is 10.2. The Labute approximate surface area is 124 Å². The third-order valence-corrected chi connectivity index (χ3v) is 3.15. The Hall–Kier alpha value is -2.67. The summed E-state index contributed by atoms with van der Waals surface area (Å²) in [6.07, 6.45) is 0. The van der Waals surface area contributed by atoms with Gasteiger partial charge >= 0.3 is 0 Å². The summed E-state index contributed by atoms with van der Waals surface area (Å²) < 4.78 is 10.6. The minimum absolute atomic E-state index is 0.0599. The molecule has 1 N–H and O–H groups in total. The van der Waals surface area contributed by atoms with Crippen molar-refractivity contribution < 1.29 is 9.47 Å². The molecule has 4 heteroatoms. The highest BCUT2D eigenvalue weighted by Crippen LogP contribution is 2.27. The number of benzene rings is 2. The second-order valence-corrected chi connectivity index (χ2v) is 4.58. The molecule has 0 saturated carbocycles. The first kappa shape index (κ1) is 14.7. The van der Waals surface area contributed by atoms with E-state index in [1.165, 1.54) is 0 Å². The fraction of sp³-hybridized carbons (Fsp3) is 0.235. The van der Waals surface area contributed by atoms with E-state index >= 15 is 0 Å². The highest BCUT2D eigenvalue weighted by Gasteiger charge is 2.10. The second-order valence-electron chi connectivity index (χ2n) is 4.58. The first-order valence-corrected chi connectivity index (χ1v) is 6.74. The maximum atomic E-state index is 8.48. The summed E-state index contributed by atoms with van der Waals surface area (Å²) in [6.45, 7) is 2.14. The number of nitriles is 1. The van der Waals surface area contributed by atoms with Gasteiger partial charge in [-0.2, -0.15) is 5.26 Å². The van der Waals surface area contributed by atoms with Crippen molar-refractivity contribution in [3.63, 3.8) is 0 Å². The lowest BCUT2D eigenvalue weighted by atomic mass is 10.1. The van der Waals surface area contributed by atoms with Crippen LogP contribution in [0.25, 0.3) is 0 Å². The number of anilines is 1. The minimum Gasteiger partial charge on any atom is -0.496 e. The molecule has 21 heavy (non-hydrogen) atoms. The molecule has 2 rings (SSSR count). The number of nitrogens with zero attached hydrogens (tertiary/aromatic N) is 1. The van der Waals surface area contributed by atoms with Crippen LogP contribution >= 0.6 is 0 Å². The van der Waals surface area contributed by atoms with Gasteiger partial charge in [0, 0.05) is 11.3 Å². The molecule has 1 atom stereocenters. The third-order valence-electron chi connectivity index (χ3n) is 3.15. The average molecular weight is 282 g/mol. The van der Waals surface area contributed by atoms with Gasteiger partial charge in [-0.15, -0.1) is 0 Å². The third kappa shape index (κ3) is 3.90. The van der Waals surface area contributed by atoms with Crippen molar-refractivity contribution in [2.24, 2.45) is 0 Å². The Kier molecular flexibility index (Phi) is 5.05. The van der Waals surface area contributed by atoms with Crippen LogP contribution in [0, 0.1) is 11.3 Å². The van der Waals surface area contributed by atoms with E-state index in [9.17, 15) is 0 Å². The minimum atomic E-state index is 0.0599. The highest BCUT2D eigenvalue weighted by molar-refractivity contribution is 5.49. The van der Waals surface area contributed by atoms with Gasteiger partial charge < -0.3 is 14.8 Å². The summed E-state index contributed by atoms with van der Waals surface area (Å²) in [7, 11) is 1.67. The molecule has 0 aliphatic heterocycles. The van der Waals surface area contributed by atoms with Crippen molar-refractivity contribution in [3.8, 4) is 17.6 Å². The van der Waals surface area contributed by atoms with E-state index in [1.54, 1.807) is 7.11 Å². The molecular formula is C17H18N2O2. The topological polar surface area (TPSA) is 54.3 Å². The number of ether oxygens (including phenoxy) is 2. The van der Waals surface area contributed by atoms with Crippen LogP contribution in [0.1, 0.15) is 18.5 Å². The van der Waals surface area contributed by atoms with Crippen LogP contribution in [0.4, 0.5) is 5.69 Å². The number of rotatable bonds is 6. The Morgan fingerprint density at radius 2 is 1.86 bits per heavy atom. The summed E-state index contributed by atoms with van der Waals surface area (Å²) in [5, 5.41) is 11.9. The molecule has 4 nitrogen and oxygen atoms in total. The molecule has 1 unspecified atom stereocenters. The van der Waals surface area contributed by atoms with E-state index in [1.807, 2.05) is 54.6 Å². The number of hydrogen-bond acceptors (Lipinski definition) is 4. The molecule has 2 aromatic carbocycles. The fourth-order valence-corrected chi connectivity index (χ4v) is 2.11. The zero-order valence-electron chi connectivity index (χ0n) is 12.2. The molecule has 0 aliphatic carbocycles. The Bertz CT molecular complexity index is 617. The first-order valence-electron chi connectivity index (χ1n) is 6.74. The summed E-state index contributed by atoms with van der Waals surface area (Å²) in [4.78, 5) is 0. The molecular weight excluding hydrogens is 264 g/mol. The fourth-order valence-electron chi connectivity index (χ4n) is 2.11. The smallest absolute Gasteiger partial charge is 0.174 e. The van der Waals surface area contributed by atoms with Gasteiger partial charge in [0.05, 0.1) is 13.2 Å². The quantitative estimate of drug-likeness (QED) is 0.876. The normalized spacial score (nSPS) is 11.3. The second kappa shape index (κ2) is 7.20. The Balaban J connectivity index is 2.05. The van der Waals surface area contributed by atoms with Crippen molar-refractivity contribution in [2.75, 3.05) is 19.0 Å². The van der Waals surface area contributed by atoms with Crippen LogP contribution in [0.15, 0.2) is 48.5 Å². The zero-order chi connectivity index (χ0) is 15.1. The van der Waals surface area contributed by atoms with Gasteiger partial charge in [0.1, 0.15) is 17.6 Å². The number of hydrogen-bond donors (Lipinski definition) is 1. The van der Waals surface area contributed by atoms with Crippen molar-refractivity contribution in [1.82, 2.24) is 0 Å². The Morgan fingerprint density at radius 1 is 1.14 bits per heavy atom. The van der Waals surface area contributed by atoms with Crippen molar-refractivity contribution >= 4 is 5.69 Å². The molecule has 0 heterocycles. The molecule has 0 bridgehead atoms. The van der Waals surface area contributed by atoms with E-state index in [-0.39, 0.29) is 12.6 Å². The molecule has 0 aliphatic rings. The van der Waals surface area contributed by atoms with E-state index in [0.29, 0.717) is 5.75 Å². The van der Waals surface area contributed by atoms with Crippen molar-refractivity contribution in [1.29, 1.82) is 5.26 Å². The van der Waals surface area contributed by atoms with Gasteiger partial charge in [-0.25, -0.2) is 0 Å². The largest absolute Gasteiger partial charge is 0.496 e. The average Bonchev–Trinajstić information content (AvgIpc) is 2.54. The van der Waals surface area contributed by atoms with Crippen molar-refractivity contribution in [2.45, 2.75) is 13.0 Å². The SMILES string of the molecule is COc1ccccc1C(C)Nc1ccc(OCC#N)cc1. The molecule has 0 aromatic heterocycles. The Morgan fingerprint density at radius 3 is 2.52 bits per heavy atom. The van der Waals surface area contributed by atoms with Gasteiger partial charge in [0.15, 0.2) is 6.61 Å². The van der Waals surface area contributed by atoms with Crippen LogP contribution in [-0.4, -0.2) is 13.7 Å². The maximum absolute atomic E-state index is 8.48. The highest BCUT2D eigenvalue weighted by atomic mass is 16.5. The van der Waals surface area contributed by atoms with Crippen LogP contribution in [0.5, 0.6) is 11.5 Å². The molecule has 108 valence electrons. The zero-order valence-corrected chi connectivity index (χ0v) is 12.2. The number of nitrogens with one attached hydrogen (secondary N) is 1. The molecule has 0 fully saturated rings. The van der Waals surface area contributed by atoms with Crippen LogP contribution in [-0.2, 0) is 0 Å². The van der Waals surface area contributed by atoms with Gasteiger partial charge in [0.2, 0.25) is 0 Å². The molecule has 2 aromatic rings. The standard InChI is InChI=1S/C17H18N2O2/c1-13(16-5-3-4-6-17(16)20-2)19-14-7-9-15(10-8-14)21-12-11-18/h3-10,13,19H,12H2,1-2H3.